The number of rotatable bonds is 6. The number of hydrogen-bond donors (Lipinski definition) is 2. The molecule has 0 bridgehead atoms. The zero-order chi connectivity index (χ0) is 17.9. The lowest BCUT2D eigenvalue weighted by Crippen LogP contribution is -2.30. The molecule has 0 aliphatic heterocycles. The first-order valence-corrected chi connectivity index (χ1v) is 9.83. The maximum atomic E-state index is 10.6. The van der Waals surface area contributed by atoms with Crippen molar-refractivity contribution in [3.8, 4) is 0 Å². The van der Waals surface area contributed by atoms with Crippen molar-refractivity contribution in [3.63, 3.8) is 0 Å². The Morgan fingerprint density at radius 1 is 1.04 bits per heavy atom. The molecular formula is C22H25ClN2O. The largest absolute Gasteiger partial charge is 0.390 e. The Morgan fingerprint density at radius 3 is 2.69 bits per heavy atom. The van der Waals surface area contributed by atoms with Gasteiger partial charge in [0.15, 0.2) is 0 Å². The molecule has 136 valence electrons. The smallest absolute Gasteiger partial charge is 0.0843 e. The average molecular weight is 369 g/mol. The predicted octanol–water partition coefficient (Wildman–Crippen LogP) is 4.32. The molecule has 0 saturated heterocycles. The maximum absolute atomic E-state index is 10.6. The first kappa shape index (κ1) is 17.6. The van der Waals surface area contributed by atoms with Crippen LogP contribution in [0.5, 0.6) is 0 Å². The lowest BCUT2D eigenvalue weighted by molar-refractivity contribution is 0.151. The topological polar surface area (TPSA) is 37.2 Å². The van der Waals surface area contributed by atoms with E-state index >= 15 is 0 Å². The first-order chi connectivity index (χ1) is 12.7. The first-order valence-electron chi connectivity index (χ1n) is 9.45. The molecule has 26 heavy (non-hydrogen) atoms. The molecule has 4 heteroatoms. The van der Waals surface area contributed by atoms with Gasteiger partial charge < -0.3 is 15.0 Å². The van der Waals surface area contributed by atoms with Gasteiger partial charge in [0, 0.05) is 34.7 Å². The molecule has 4 rings (SSSR count). The fraction of sp³-hybridized carbons (Fsp3) is 0.364. The Kier molecular flexibility index (Phi) is 5.30. The molecule has 0 fully saturated rings. The lowest BCUT2D eigenvalue weighted by Gasteiger charge is -2.19. The molecule has 1 atom stereocenters. The Hall–Kier alpha value is -1.81. The van der Waals surface area contributed by atoms with Crippen LogP contribution in [0.1, 0.15) is 29.7 Å². The molecule has 1 aromatic heterocycles. The van der Waals surface area contributed by atoms with Crippen LogP contribution in [0.15, 0.2) is 48.5 Å². The van der Waals surface area contributed by atoms with E-state index in [1.165, 1.54) is 35.0 Å². The van der Waals surface area contributed by atoms with Gasteiger partial charge in [0.1, 0.15) is 0 Å². The summed E-state index contributed by atoms with van der Waals surface area (Å²) in [4.78, 5) is 0. The van der Waals surface area contributed by atoms with Gasteiger partial charge in [-0.25, -0.2) is 0 Å². The minimum absolute atomic E-state index is 0.431. The third-order valence-electron chi connectivity index (χ3n) is 5.33. The molecule has 1 unspecified atom stereocenters. The van der Waals surface area contributed by atoms with Crippen LogP contribution >= 0.6 is 11.6 Å². The van der Waals surface area contributed by atoms with Crippen LogP contribution in [0.4, 0.5) is 0 Å². The van der Waals surface area contributed by atoms with E-state index in [-0.39, 0.29) is 0 Å². The van der Waals surface area contributed by atoms with Gasteiger partial charge in [0.05, 0.1) is 12.6 Å². The van der Waals surface area contributed by atoms with Gasteiger partial charge in [0.2, 0.25) is 0 Å². The number of aliphatic hydroxyl groups excluding tert-OH is 1. The van der Waals surface area contributed by atoms with Crippen LogP contribution < -0.4 is 5.32 Å². The highest BCUT2D eigenvalue weighted by Gasteiger charge is 2.20. The number of aliphatic hydroxyl groups is 1. The van der Waals surface area contributed by atoms with Crippen LogP contribution in [-0.4, -0.2) is 22.3 Å². The number of aryl methyl sites for hydroxylation is 1. The van der Waals surface area contributed by atoms with E-state index in [0.717, 1.165) is 23.4 Å². The van der Waals surface area contributed by atoms with Crippen molar-refractivity contribution in [1.82, 2.24) is 9.88 Å². The second-order valence-corrected chi connectivity index (χ2v) is 7.54. The summed E-state index contributed by atoms with van der Waals surface area (Å²) in [5.74, 6) is 0. The molecule has 2 N–H and O–H groups in total. The second-order valence-electron chi connectivity index (χ2n) is 7.14. The molecule has 0 spiro atoms. The van der Waals surface area contributed by atoms with Gasteiger partial charge in [-0.15, -0.1) is 0 Å². The van der Waals surface area contributed by atoms with E-state index in [9.17, 15) is 5.11 Å². The molecule has 0 radical (unpaired) electrons. The number of aromatic nitrogens is 1. The number of fused-ring (bicyclic) bond motifs is 3. The number of nitrogens with zero attached hydrogens (tertiary/aromatic N) is 1. The minimum Gasteiger partial charge on any atom is -0.390 e. The van der Waals surface area contributed by atoms with E-state index in [1.54, 1.807) is 0 Å². The van der Waals surface area contributed by atoms with Crippen LogP contribution in [-0.2, 0) is 25.9 Å². The van der Waals surface area contributed by atoms with Gasteiger partial charge in [-0.1, -0.05) is 48.0 Å². The number of halogens is 1. The summed E-state index contributed by atoms with van der Waals surface area (Å²) in [5, 5.41) is 16.1. The quantitative estimate of drug-likeness (QED) is 0.679. The van der Waals surface area contributed by atoms with Gasteiger partial charge in [-0.3, -0.25) is 0 Å². The summed E-state index contributed by atoms with van der Waals surface area (Å²) in [6.07, 6.45) is 4.35. The van der Waals surface area contributed by atoms with E-state index in [1.807, 2.05) is 24.3 Å². The van der Waals surface area contributed by atoms with Crippen molar-refractivity contribution < 1.29 is 5.11 Å². The summed E-state index contributed by atoms with van der Waals surface area (Å²) in [6, 6.07) is 16.4. The Labute approximate surface area is 159 Å². The number of hydrogen-bond acceptors (Lipinski definition) is 2. The van der Waals surface area contributed by atoms with Crippen LogP contribution in [0, 0.1) is 0 Å². The third-order valence-corrected chi connectivity index (χ3v) is 5.70. The van der Waals surface area contributed by atoms with E-state index in [2.05, 4.69) is 34.1 Å². The maximum Gasteiger partial charge on any atom is 0.0843 e. The van der Waals surface area contributed by atoms with Gasteiger partial charge >= 0.3 is 0 Å². The Morgan fingerprint density at radius 2 is 1.81 bits per heavy atom. The van der Waals surface area contributed by atoms with Gasteiger partial charge in [-0.2, -0.15) is 0 Å². The zero-order valence-electron chi connectivity index (χ0n) is 14.9. The molecule has 3 aromatic rings. The second kappa shape index (κ2) is 7.83. The van der Waals surface area contributed by atoms with E-state index in [4.69, 9.17) is 11.6 Å². The van der Waals surface area contributed by atoms with Crippen molar-refractivity contribution in [1.29, 1.82) is 0 Å². The summed E-state index contributed by atoms with van der Waals surface area (Å²) in [5.41, 5.74) is 5.22. The SMILES string of the molecule is OC(CNCc1ccccc1Cl)Cn1c2c(c3ccccc31)CCCC2. The fourth-order valence-electron chi connectivity index (χ4n) is 4.09. The van der Waals surface area contributed by atoms with E-state index in [0.29, 0.717) is 19.6 Å². The summed E-state index contributed by atoms with van der Waals surface area (Å²) < 4.78 is 2.34. The van der Waals surface area contributed by atoms with Crippen LogP contribution in [0.3, 0.4) is 0 Å². The van der Waals surface area contributed by atoms with Crippen molar-refractivity contribution >= 4 is 22.5 Å². The van der Waals surface area contributed by atoms with E-state index < -0.39 is 6.10 Å². The minimum atomic E-state index is -0.431. The average Bonchev–Trinajstić information content (AvgIpc) is 2.98. The molecule has 1 heterocycles. The lowest BCUT2D eigenvalue weighted by atomic mass is 9.95. The number of benzene rings is 2. The molecule has 1 aliphatic carbocycles. The molecule has 0 amide bonds. The van der Waals surface area contributed by atoms with Crippen molar-refractivity contribution in [3.05, 3.63) is 70.4 Å². The van der Waals surface area contributed by atoms with Crippen LogP contribution in [0.25, 0.3) is 10.9 Å². The van der Waals surface area contributed by atoms with Crippen molar-refractivity contribution in [2.45, 2.75) is 44.9 Å². The summed E-state index contributed by atoms with van der Waals surface area (Å²) in [6.45, 7) is 1.85. The highest BCUT2D eigenvalue weighted by molar-refractivity contribution is 6.31. The Bertz CT molecular complexity index is 902. The van der Waals surface area contributed by atoms with Crippen molar-refractivity contribution in [2.75, 3.05) is 6.54 Å². The highest BCUT2D eigenvalue weighted by Crippen LogP contribution is 2.32. The predicted molar refractivity (Wildman–Crippen MR) is 108 cm³/mol. The molecular weight excluding hydrogens is 344 g/mol. The van der Waals surface area contributed by atoms with Crippen molar-refractivity contribution in [2.24, 2.45) is 0 Å². The highest BCUT2D eigenvalue weighted by atomic mass is 35.5. The number of nitrogens with one attached hydrogen (secondary N) is 1. The fourth-order valence-corrected chi connectivity index (χ4v) is 4.29. The Balaban J connectivity index is 1.46. The van der Waals surface area contributed by atoms with Crippen LogP contribution in [0.2, 0.25) is 5.02 Å². The summed E-state index contributed by atoms with van der Waals surface area (Å²) in [7, 11) is 0. The molecule has 1 aliphatic rings. The zero-order valence-corrected chi connectivity index (χ0v) is 15.7. The molecule has 2 aromatic carbocycles. The van der Waals surface area contributed by atoms with Gasteiger partial charge in [0.25, 0.3) is 0 Å². The monoisotopic (exact) mass is 368 g/mol. The molecule has 3 nitrogen and oxygen atoms in total. The normalized spacial score (nSPS) is 15.2. The molecule has 0 saturated carbocycles. The summed E-state index contributed by atoms with van der Waals surface area (Å²) >= 11 is 6.19. The van der Waals surface area contributed by atoms with Gasteiger partial charge in [-0.05, 0) is 48.9 Å². The standard InChI is InChI=1S/C22H25ClN2O/c23-20-10-4-1-7-16(20)13-24-14-17(26)15-25-21-11-5-2-8-18(21)19-9-3-6-12-22(19)25/h1-2,4-5,7-8,10-11,17,24,26H,3,6,9,12-15H2. The number of para-hydroxylation sites is 1. The third kappa shape index (κ3) is 3.52.